The van der Waals surface area contributed by atoms with E-state index in [1.807, 2.05) is 18.2 Å². The van der Waals surface area contributed by atoms with E-state index >= 15 is 0 Å². The van der Waals surface area contributed by atoms with Crippen molar-refractivity contribution in [3.8, 4) is 5.75 Å². The summed E-state index contributed by atoms with van der Waals surface area (Å²) in [5, 5.41) is 0. The monoisotopic (exact) mass is 226 g/mol. The number of hydrogen-bond acceptors (Lipinski definition) is 2. The van der Waals surface area contributed by atoms with Crippen LogP contribution in [0.4, 0.5) is 0 Å². The van der Waals surface area contributed by atoms with E-state index in [-0.39, 0.29) is 0 Å². The highest BCUT2D eigenvalue weighted by Crippen LogP contribution is 2.23. The molecule has 0 N–H and O–H groups in total. The fourth-order valence-electron chi connectivity index (χ4n) is 1.62. The van der Waals surface area contributed by atoms with Gasteiger partial charge >= 0.3 is 0 Å². The van der Waals surface area contributed by atoms with Crippen molar-refractivity contribution in [3.05, 3.63) is 29.8 Å². The molecule has 1 unspecified atom stereocenters. The van der Waals surface area contributed by atoms with Crippen LogP contribution in [0.5, 0.6) is 5.75 Å². The first-order valence-corrected chi connectivity index (χ1v) is 6.51. The van der Waals surface area contributed by atoms with E-state index in [1.165, 1.54) is 31.2 Å². The van der Waals surface area contributed by atoms with Crippen molar-refractivity contribution in [2.45, 2.75) is 39.0 Å². The molecule has 0 aliphatic heterocycles. The summed E-state index contributed by atoms with van der Waals surface area (Å²) >= 11 is 0. The Hall–Kier alpha value is -0.750. The van der Waals surface area contributed by atoms with Crippen LogP contribution in [0.1, 0.15) is 38.2 Å². The molecule has 0 radical (unpaired) electrons. The van der Waals surface area contributed by atoms with Crippen molar-refractivity contribution in [1.29, 1.82) is 0 Å². The number of unbranched alkanes of at least 4 members (excludes halogenated alkanes) is 3. The Morgan fingerprint density at radius 3 is 2.73 bits per heavy atom. The molecule has 0 aromatic heterocycles. The van der Waals surface area contributed by atoms with Crippen LogP contribution < -0.4 is 4.52 Å². The van der Waals surface area contributed by atoms with E-state index < -0.39 is 8.69 Å². The topological polar surface area (TPSA) is 26.3 Å². The van der Waals surface area contributed by atoms with Gasteiger partial charge in [-0.1, -0.05) is 44.4 Å². The summed E-state index contributed by atoms with van der Waals surface area (Å²) in [7, 11) is -1.15. The minimum atomic E-state index is -1.15. The van der Waals surface area contributed by atoms with Crippen LogP contribution >= 0.6 is 8.69 Å². The molecule has 0 heterocycles. The molecular weight excluding hydrogens is 207 g/mol. The van der Waals surface area contributed by atoms with Gasteiger partial charge in [0.1, 0.15) is 5.75 Å². The highest BCUT2D eigenvalue weighted by atomic mass is 31.1. The zero-order valence-corrected chi connectivity index (χ0v) is 10.4. The van der Waals surface area contributed by atoms with Gasteiger partial charge in [0, 0.05) is 0 Å². The molecule has 0 fully saturated rings. The first kappa shape index (κ1) is 12.3. The molecule has 0 amide bonds. The van der Waals surface area contributed by atoms with Crippen molar-refractivity contribution >= 4 is 8.69 Å². The van der Waals surface area contributed by atoms with E-state index in [4.69, 9.17) is 4.52 Å². The highest BCUT2D eigenvalue weighted by molar-refractivity contribution is 7.17. The van der Waals surface area contributed by atoms with Crippen LogP contribution in [0.3, 0.4) is 0 Å². The number of aryl methyl sites for hydroxylation is 1. The Morgan fingerprint density at radius 2 is 2.00 bits per heavy atom. The maximum absolute atomic E-state index is 10.5. The van der Waals surface area contributed by atoms with Crippen LogP contribution in [0.15, 0.2) is 24.3 Å². The van der Waals surface area contributed by atoms with Crippen molar-refractivity contribution in [3.63, 3.8) is 0 Å². The fourth-order valence-corrected chi connectivity index (χ4v) is 1.95. The van der Waals surface area contributed by atoms with Crippen molar-refractivity contribution in [2.24, 2.45) is 0 Å². The van der Waals surface area contributed by atoms with Crippen molar-refractivity contribution in [1.82, 2.24) is 0 Å². The summed E-state index contributed by atoms with van der Waals surface area (Å²) < 4.78 is 15.6. The predicted octanol–water partition coefficient (Wildman–Crippen LogP) is 3.86. The molecule has 1 atom stereocenters. The lowest BCUT2D eigenvalue weighted by atomic mass is 10.1. The molecule has 1 aromatic rings. The Balaban J connectivity index is 2.47. The van der Waals surface area contributed by atoms with Gasteiger partial charge in [0.05, 0.1) is 0 Å². The molecular formula is C12H19O2P. The Morgan fingerprint density at radius 1 is 1.20 bits per heavy atom. The lowest BCUT2D eigenvalue weighted by molar-refractivity contribution is 0.520. The minimum absolute atomic E-state index is 0.791. The molecule has 3 heteroatoms. The molecule has 15 heavy (non-hydrogen) atoms. The van der Waals surface area contributed by atoms with Crippen LogP contribution in [0.25, 0.3) is 0 Å². The van der Waals surface area contributed by atoms with Crippen molar-refractivity contribution in [2.75, 3.05) is 0 Å². The minimum Gasteiger partial charge on any atom is -0.447 e. The summed E-state index contributed by atoms with van der Waals surface area (Å²) in [4.78, 5) is 0. The normalized spacial score (nSPS) is 11.0. The van der Waals surface area contributed by atoms with E-state index in [0.717, 1.165) is 12.2 Å². The van der Waals surface area contributed by atoms with Crippen LogP contribution in [0, 0.1) is 0 Å². The zero-order chi connectivity index (χ0) is 10.9. The van der Waals surface area contributed by atoms with E-state index in [0.29, 0.717) is 0 Å². The van der Waals surface area contributed by atoms with Gasteiger partial charge in [0.2, 0.25) is 8.69 Å². The molecule has 0 saturated carbocycles. The van der Waals surface area contributed by atoms with Gasteiger partial charge in [0.25, 0.3) is 0 Å². The van der Waals surface area contributed by atoms with Gasteiger partial charge in [-0.3, -0.25) is 4.57 Å². The number of benzene rings is 1. The van der Waals surface area contributed by atoms with Crippen LogP contribution in [-0.4, -0.2) is 0 Å². The first-order valence-electron chi connectivity index (χ1n) is 5.56. The Bertz CT molecular complexity index is 299. The fraction of sp³-hybridized carbons (Fsp3) is 0.500. The summed E-state index contributed by atoms with van der Waals surface area (Å²) in [6.07, 6.45) is 6.01. The number of para-hydroxylation sites is 1. The second-order valence-electron chi connectivity index (χ2n) is 3.63. The lowest BCUT2D eigenvalue weighted by Gasteiger charge is -2.06. The average Bonchev–Trinajstić information content (AvgIpc) is 2.27. The molecule has 0 aliphatic carbocycles. The van der Waals surface area contributed by atoms with Gasteiger partial charge in [-0.25, -0.2) is 0 Å². The molecule has 0 aliphatic rings. The number of rotatable bonds is 7. The zero-order valence-electron chi connectivity index (χ0n) is 9.24. The maximum atomic E-state index is 10.5. The summed E-state index contributed by atoms with van der Waals surface area (Å²) in [6, 6.07) is 7.86. The smallest absolute Gasteiger partial charge is 0.225 e. The SMILES string of the molecule is CCCCCCc1ccccc1O[PH2]=O. The molecule has 84 valence electrons. The molecule has 2 nitrogen and oxygen atoms in total. The van der Waals surface area contributed by atoms with E-state index in [1.54, 1.807) is 0 Å². The largest absolute Gasteiger partial charge is 0.447 e. The Labute approximate surface area is 92.9 Å². The van der Waals surface area contributed by atoms with E-state index in [9.17, 15) is 4.57 Å². The second-order valence-corrected chi connectivity index (χ2v) is 4.06. The average molecular weight is 226 g/mol. The summed E-state index contributed by atoms with van der Waals surface area (Å²) in [5.74, 6) is 0.791. The predicted molar refractivity (Wildman–Crippen MR) is 65.3 cm³/mol. The highest BCUT2D eigenvalue weighted by Gasteiger charge is 2.01. The van der Waals surface area contributed by atoms with Gasteiger partial charge in [-0.05, 0) is 24.5 Å². The van der Waals surface area contributed by atoms with E-state index in [2.05, 4.69) is 13.0 Å². The van der Waals surface area contributed by atoms with Crippen LogP contribution in [-0.2, 0) is 11.0 Å². The van der Waals surface area contributed by atoms with Gasteiger partial charge in [-0.15, -0.1) is 0 Å². The third kappa shape index (κ3) is 4.53. The third-order valence-corrected chi connectivity index (χ3v) is 2.80. The lowest BCUT2D eigenvalue weighted by Crippen LogP contribution is -1.89. The van der Waals surface area contributed by atoms with Gasteiger partial charge < -0.3 is 4.52 Å². The molecule has 1 rings (SSSR count). The maximum Gasteiger partial charge on any atom is 0.225 e. The van der Waals surface area contributed by atoms with Crippen molar-refractivity contribution < 1.29 is 9.09 Å². The first-order chi connectivity index (χ1) is 7.38. The Kier molecular flexibility index (Phi) is 6.18. The van der Waals surface area contributed by atoms with Gasteiger partial charge in [0.15, 0.2) is 0 Å². The van der Waals surface area contributed by atoms with Crippen LogP contribution in [0.2, 0.25) is 0 Å². The summed E-state index contributed by atoms with van der Waals surface area (Å²) in [6.45, 7) is 2.21. The third-order valence-electron chi connectivity index (χ3n) is 2.45. The molecule has 0 spiro atoms. The quantitative estimate of drug-likeness (QED) is 0.521. The molecule has 0 bridgehead atoms. The molecule has 0 saturated heterocycles. The number of hydrogen-bond donors (Lipinski definition) is 0. The second kappa shape index (κ2) is 7.53. The standard InChI is InChI=1S/C12H19O2P/c1-2-3-4-5-8-11-9-6-7-10-12(11)14-15-13/h6-7,9-10H,2-5,8,15H2,1H3. The van der Waals surface area contributed by atoms with Gasteiger partial charge in [-0.2, -0.15) is 0 Å². The molecule has 1 aromatic carbocycles. The summed E-state index contributed by atoms with van der Waals surface area (Å²) in [5.41, 5.74) is 1.18.